The summed E-state index contributed by atoms with van der Waals surface area (Å²) < 4.78 is -1.74. The maximum atomic E-state index is 11.9. The Kier molecular flexibility index (Phi) is 8.57. The summed E-state index contributed by atoms with van der Waals surface area (Å²) in [6.45, 7) is 5.95. The van der Waals surface area contributed by atoms with Crippen molar-refractivity contribution < 1.29 is 4.79 Å². The molecule has 1 aromatic carbocycles. The third kappa shape index (κ3) is 7.43. The molecule has 0 saturated heterocycles. The second-order valence-corrected chi connectivity index (χ2v) is 8.34. The Hall–Kier alpha value is -0.750. The lowest BCUT2D eigenvalue weighted by Gasteiger charge is -2.28. The van der Waals surface area contributed by atoms with Crippen LogP contribution in [0.4, 0.5) is 5.69 Å². The van der Waals surface area contributed by atoms with Gasteiger partial charge in [0.2, 0.25) is 9.70 Å². The number of hydrogen-bond acceptors (Lipinski definition) is 2. The van der Waals surface area contributed by atoms with Crippen molar-refractivity contribution >= 4 is 63.7 Å². The van der Waals surface area contributed by atoms with Crippen LogP contribution in [0.1, 0.15) is 37.3 Å². The first-order chi connectivity index (χ1) is 11.1. The Morgan fingerprint density at radius 2 is 1.92 bits per heavy atom. The van der Waals surface area contributed by atoms with Crippen LogP contribution in [0.5, 0.6) is 0 Å². The molecule has 1 aromatic rings. The van der Waals surface area contributed by atoms with Crippen molar-refractivity contribution in [3.63, 3.8) is 0 Å². The molecule has 0 radical (unpaired) electrons. The molecule has 24 heavy (non-hydrogen) atoms. The lowest BCUT2D eigenvalue weighted by atomic mass is 10.1. The predicted octanol–water partition coefficient (Wildman–Crippen LogP) is 4.59. The number of alkyl halides is 3. The van der Waals surface area contributed by atoms with Crippen molar-refractivity contribution in [3.05, 3.63) is 29.3 Å². The van der Waals surface area contributed by atoms with Crippen molar-refractivity contribution in [2.24, 2.45) is 0 Å². The van der Waals surface area contributed by atoms with Gasteiger partial charge in [-0.1, -0.05) is 60.3 Å². The van der Waals surface area contributed by atoms with Gasteiger partial charge in [0.15, 0.2) is 5.11 Å². The van der Waals surface area contributed by atoms with Gasteiger partial charge in [0.25, 0.3) is 0 Å². The van der Waals surface area contributed by atoms with E-state index in [4.69, 9.17) is 47.0 Å². The van der Waals surface area contributed by atoms with Gasteiger partial charge in [0.1, 0.15) is 6.17 Å². The molecule has 0 aliphatic heterocycles. The van der Waals surface area contributed by atoms with Crippen LogP contribution >= 0.6 is 47.0 Å². The standard InChI is InChI=1S/C16H22Cl3N3OS/c1-4-5-6-13(23)21-14(16(17,18)19)22-15(24)20-12-9-10(2)7-8-11(12)3/h7-9,14H,4-6H2,1-3H3,(H,21,23)(H2,20,22,24)/t14-/m1/s1. The molecule has 4 nitrogen and oxygen atoms in total. The van der Waals surface area contributed by atoms with Crippen LogP contribution in [0, 0.1) is 13.8 Å². The van der Waals surface area contributed by atoms with E-state index in [-0.39, 0.29) is 11.0 Å². The first-order valence-electron chi connectivity index (χ1n) is 7.64. The molecule has 1 rings (SSSR count). The molecular formula is C16H22Cl3N3OS. The Bertz CT molecular complexity index is 590. The van der Waals surface area contributed by atoms with Gasteiger partial charge in [-0.15, -0.1) is 0 Å². The fourth-order valence-corrected chi connectivity index (χ4v) is 2.49. The van der Waals surface area contributed by atoms with E-state index < -0.39 is 9.96 Å². The molecule has 0 bridgehead atoms. The smallest absolute Gasteiger partial charge is 0.228 e. The van der Waals surface area contributed by atoms with E-state index in [0.29, 0.717) is 6.42 Å². The van der Waals surface area contributed by atoms with Crippen molar-refractivity contribution in [2.75, 3.05) is 5.32 Å². The van der Waals surface area contributed by atoms with Crippen molar-refractivity contribution in [1.82, 2.24) is 10.6 Å². The highest BCUT2D eigenvalue weighted by molar-refractivity contribution is 7.80. The third-order valence-corrected chi connectivity index (χ3v) is 4.18. The number of unbranched alkanes of at least 4 members (excludes halogenated alkanes) is 1. The van der Waals surface area contributed by atoms with Crippen LogP contribution in [0.25, 0.3) is 0 Å². The lowest BCUT2D eigenvalue weighted by Crippen LogP contribution is -2.56. The number of carbonyl (C=O) groups is 1. The zero-order valence-electron chi connectivity index (χ0n) is 13.9. The van der Waals surface area contributed by atoms with Crippen molar-refractivity contribution in [3.8, 4) is 0 Å². The average Bonchev–Trinajstić information content (AvgIpc) is 2.47. The van der Waals surface area contributed by atoms with Crippen LogP contribution in [0.2, 0.25) is 0 Å². The summed E-state index contributed by atoms with van der Waals surface area (Å²) in [5, 5.41) is 8.84. The van der Waals surface area contributed by atoms with E-state index in [9.17, 15) is 4.79 Å². The quantitative estimate of drug-likeness (QED) is 0.365. The van der Waals surface area contributed by atoms with Gasteiger partial charge in [0, 0.05) is 12.1 Å². The fraction of sp³-hybridized carbons (Fsp3) is 0.500. The maximum absolute atomic E-state index is 11.9. The number of nitrogens with one attached hydrogen (secondary N) is 3. The number of carbonyl (C=O) groups excluding carboxylic acids is 1. The average molecular weight is 411 g/mol. The fourth-order valence-electron chi connectivity index (χ4n) is 1.93. The van der Waals surface area contributed by atoms with Gasteiger partial charge in [-0.05, 0) is 49.7 Å². The molecule has 3 N–H and O–H groups in total. The monoisotopic (exact) mass is 409 g/mol. The number of hydrogen-bond donors (Lipinski definition) is 3. The molecule has 0 fully saturated rings. The van der Waals surface area contributed by atoms with E-state index in [1.165, 1.54) is 0 Å². The van der Waals surface area contributed by atoms with Crippen LogP contribution in [0.3, 0.4) is 0 Å². The number of halogens is 3. The Balaban J connectivity index is 2.74. The second-order valence-electron chi connectivity index (χ2n) is 5.56. The largest absolute Gasteiger partial charge is 0.339 e. The highest BCUT2D eigenvalue weighted by Crippen LogP contribution is 2.29. The summed E-state index contributed by atoms with van der Waals surface area (Å²) in [4.78, 5) is 11.9. The van der Waals surface area contributed by atoms with E-state index in [1.807, 2.05) is 39.0 Å². The first-order valence-corrected chi connectivity index (χ1v) is 9.18. The molecule has 134 valence electrons. The minimum atomic E-state index is -1.74. The van der Waals surface area contributed by atoms with Crippen LogP contribution < -0.4 is 16.0 Å². The summed E-state index contributed by atoms with van der Waals surface area (Å²) >= 11 is 23.1. The molecule has 8 heteroatoms. The Morgan fingerprint density at radius 1 is 1.25 bits per heavy atom. The minimum Gasteiger partial charge on any atom is -0.339 e. The molecule has 0 aromatic heterocycles. The van der Waals surface area contributed by atoms with Gasteiger partial charge in [-0.2, -0.15) is 0 Å². The van der Waals surface area contributed by atoms with Crippen molar-refractivity contribution in [1.29, 1.82) is 0 Å². The predicted molar refractivity (Wildman–Crippen MR) is 107 cm³/mol. The number of benzene rings is 1. The molecule has 0 aliphatic rings. The molecular weight excluding hydrogens is 389 g/mol. The van der Waals surface area contributed by atoms with Crippen LogP contribution in [0.15, 0.2) is 18.2 Å². The molecule has 0 saturated carbocycles. The molecule has 1 amide bonds. The van der Waals surface area contributed by atoms with Crippen LogP contribution in [-0.2, 0) is 4.79 Å². The summed E-state index contributed by atoms with van der Waals surface area (Å²) in [5.74, 6) is -0.199. The van der Waals surface area contributed by atoms with Gasteiger partial charge >= 0.3 is 0 Å². The summed E-state index contributed by atoms with van der Waals surface area (Å²) in [7, 11) is 0. The summed E-state index contributed by atoms with van der Waals surface area (Å²) in [5.41, 5.74) is 2.98. The Morgan fingerprint density at radius 3 is 2.50 bits per heavy atom. The SMILES string of the molecule is CCCCC(=O)N[C@H](NC(=S)Nc1cc(C)ccc1C)C(Cl)(Cl)Cl. The highest BCUT2D eigenvalue weighted by atomic mass is 35.6. The van der Waals surface area contributed by atoms with E-state index >= 15 is 0 Å². The van der Waals surface area contributed by atoms with Gasteiger partial charge in [-0.25, -0.2) is 0 Å². The first kappa shape index (κ1) is 21.3. The lowest BCUT2D eigenvalue weighted by molar-refractivity contribution is -0.122. The molecule has 0 spiro atoms. The number of aryl methyl sites for hydroxylation is 2. The minimum absolute atomic E-state index is 0.199. The maximum Gasteiger partial charge on any atom is 0.228 e. The van der Waals surface area contributed by atoms with E-state index in [2.05, 4.69) is 16.0 Å². The highest BCUT2D eigenvalue weighted by Gasteiger charge is 2.34. The third-order valence-electron chi connectivity index (χ3n) is 3.31. The second kappa shape index (κ2) is 9.66. The Labute approximate surface area is 163 Å². The summed E-state index contributed by atoms with van der Waals surface area (Å²) in [6, 6.07) is 5.96. The molecule has 1 atom stereocenters. The van der Waals surface area contributed by atoms with E-state index in [1.54, 1.807) is 0 Å². The number of amides is 1. The topological polar surface area (TPSA) is 53.2 Å². The molecule has 0 unspecified atom stereocenters. The van der Waals surface area contributed by atoms with Crippen molar-refractivity contribution in [2.45, 2.75) is 50.0 Å². The van der Waals surface area contributed by atoms with Gasteiger partial charge in [-0.3, -0.25) is 4.79 Å². The van der Waals surface area contributed by atoms with Crippen LogP contribution in [-0.4, -0.2) is 21.0 Å². The summed E-state index contributed by atoms with van der Waals surface area (Å²) in [6.07, 6.45) is 1.11. The number of rotatable bonds is 6. The molecule has 0 aliphatic carbocycles. The zero-order chi connectivity index (χ0) is 18.3. The normalized spacial score (nSPS) is 12.4. The molecule has 0 heterocycles. The number of anilines is 1. The van der Waals surface area contributed by atoms with Gasteiger partial charge < -0.3 is 16.0 Å². The number of thiocarbonyl (C=S) groups is 1. The zero-order valence-corrected chi connectivity index (χ0v) is 17.0. The van der Waals surface area contributed by atoms with Gasteiger partial charge in [0.05, 0.1) is 0 Å². The van der Waals surface area contributed by atoms with E-state index in [0.717, 1.165) is 29.7 Å².